The van der Waals surface area contributed by atoms with Gasteiger partial charge in [0, 0.05) is 19.8 Å². The molecule has 14 N–H and O–H groups in total. The fourth-order valence-electron chi connectivity index (χ4n) is 12.4. The molecule has 528 valence electrons. The first-order valence-electron chi connectivity index (χ1n) is 35.1. The molecule has 0 aromatic rings. The zero-order valence-electron chi connectivity index (χ0n) is 55.0. The van der Waals surface area contributed by atoms with Crippen molar-refractivity contribution in [3.8, 4) is 0 Å². The summed E-state index contributed by atoms with van der Waals surface area (Å²) < 4.78 is 34.8. The quantitative estimate of drug-likeness (QED) is 0.0235. The fraction of sp³-hybridized carbons (Fsp3) is 0.925. The molecule has 0 bridgehead atoms. The number of carbonyl (C=O) groups excluding carboxylic acids is 2. The largest absolute Gasteiger partial charge is 0.477 e. The third-order valence-electron chi connectivity index (χ3n) is 18.0. The van der Waals surface area contributed by atoms with Gasteiger partial charge in [-0.1, -0.05) is 231 Å². The molecule has 18 atom stereocenters. The van der Waals surface area contributed by atoms with Gasteiger partial charge in [-0.3, -0.25) is 9.59 Å². The number of carboxylic acid groups (broad SMARTS) is 1. The lowest BCUT2D eigenvalue weighted by molar-refractivity contribution is -0.386. The molecule has 3 aliphatic heterocycles. The maximum Gasteiger partial charge on any atom is 0.364 e. The molecule has 23 nitrogen and oxygen atoms in total. The van der Waals surface area contributed by atoms with Gasteiger partial charge in [-0.15, -0.1) is 0 Å². The first-order chi connectivity index (χ1) is 43.4. The molecule has 23 heteroatoms. The van der Waals surface area contributed by atoms with Crippen molar-refractivity contribution >= 4 is 17.8 Å². The summed E-state index contributed by atoms with van der Waals surface area (Å²) in [6.07, 6.45) is 16.8. The van der Waals surface area contributed by atoms with Gasteiger partial charge in [0.15, 0.2) is 12.6 Å². The van der Waals surface area contributed by atoms with Gasteiger partial charge in [0.1, 0.15) is 67.1 Å². The molecule has 0 saturated carbocycles. The minimum atomic E-state index is -3.08. The Morgan fingerprint density at radius 1 is 0.578 bits per heavy atom. The second-order valence-electron chi connectivity index (χ2n) is 25.8. The molecule has 18 unspecified atom stereocenters. The summed E-state index contributed by atoms with van der Waals surface area (Å²) in [7, 11) is 0. The maximum absolute atomic E-state index is 13.5. The zero-order chi connectivity index (χ0) is 66.1. The van der Waals surface area contributed by atoms with Crippen molar-refractivity contribution in [2.75, 3.05) is 26.4 Å². The molecular weight excluding hydrogens is 1170 g/mol. The lowest BCUT2D eigenvalue weighted by Gasteiger charge is -2.50. The minimum Gasteiger partial charge on any atom is -0.477 e. The van der Waals surface area contributed by atoms with Crippen molar-refractivity contribution in [1.29, 1.82) is 0 Å². The number of rotatable bonds is 53. The molecule has 0 spiro atoms. The van der Waals surface area contributed by atoms with Crippen LogP contribution in [0, 0.1) is 0 Å². The number of nitrogens with one attached hydrogen (secondary N) is 2. The third kappa shape index (κ3) is 30.5. The summed E-state index contributed by atoms with van der Waals surface area (Å²) in [6.45, 7) is 2.15. The summed E-state index contributed by atoms with van der Waals surface area (Å²) >= 11 is 0. The number of aliphatic carboxylic acids is 1. The Morgan fingerprint density at radius 3 is 1.48 bits per heavy atom. The molecule has 0 aromatic heterocycles. The lowest BCUT2D eigenvalue weighted by atomic mass is 9.88. The summed E-state index contributed by atoms with van der Waals surface area (Å²) in [4.78, 5) is 38.5. The van der Waals surface area contributed by atoms with Crippen LogP contribution in [-0.4, -0.2) is 215 Å². The van der Waals surface area contributed by atoms with Gasteiger partial charge in [0.25, 0.3) is 5.79 Å². The van der Waals surface area contributed by atoms with Gasteiger partial charge in [0.2, 0.25) is 11.8 Å². The van der Waals surface area contributed by atoms with Crippen molar-refractivity contribution in [2.45, 2.75) is 368 Å². The number of allylic oxidation sites excluding steroid dienone is 1. The Bertz CT molecular complexity index is 1870. The zero-order valence-corrected chi connectivity index (χ0v) is 55.0. The van der Waals surface area contributed by atoms with Gasteiger partial charge in [0.05, 0.1) is 50.7 Å². The summed E-state index contributed by atoms with van der Waals surface area (Å²) in [5, 5.41) is 136. The first-order valence-corrected chi connectivity index (χ1v) is 35.1. The second-order valence-corrected chi connectivity index (χ2v) is 25.8. The molecule has 0 aliphatic carbocycles. The van der Waals surface area contributed by atoms with Gasteiger partial charge in [-0.2, -0.15) is 0 Å². The number of hydrogen-bond donors (Lipinski definition) is 14. The number of ether oxygens (including phenoxy) is 6. The Kier molecular flexibility index (Phi) is 43.8. The molecule has 2 amide bonds. The average molecular weight is 1290 g/mol. The number of aliphatic hydroxyl groups excluding tert-OH is 11. The second kappa shape index (κ2) is 48.2. The van der Waals surface area contributed by atoms with E-state index in [1.54, 1.807) is 6.08 Å². The molecule has 90 heavy (non-hydrogen) atoms. The predicted octanol–water partition coefficient (Wildman–Crippen LogP) is 6.29. The molecule has 0 aromatic carbocycles. The highest BCUT2D eigenvalue weighted by Gasteiger charge is 2.60. The van der Waals surface area contributed by atoms with Crippen LogP contribution < -0.4 is 10.6 Å². The van der Waals surface area contributed by atoms with E-state index < -0.39 is 155 Å². The van der Waals surface area contributed by atoms with Crippen LogP contribution in [0.15, 0.2) is 12.2 Å². The smallest absolute Gasteiger partial charge is 0.364 e. The van der Waals surface area contributed by atoms with E-state index in [0.29, 0.717) is 12.8 Å². The highest BCUT2D eigenvalue weighted by atomic mass is 16.8. The molecule has 3 saturated heterocycles. The molecule has 3 rings (SSSR count). The SMILES string of the molecule is CCCCCCCCCCCCCCC/C=C/C(O)C(COC1OC(CO)C(OC2OC(CO)C(O)C(OC3(C(=O)O)CC(O)C(NC(C)=O)C(C(O)C(O)CO)O3)C2O)C(O)C1O)NC(=O)CCCCCCCCCCCCCCCCCCCCCCC. The Hall–Kier alpha value is -2.53. The molecule has 3 fully saturated rings. The summed E-state index contributed by atoms with van der Waals surface area (Å²) in [5.41, 5.74) is 0. The van der Waals surface area contributed by atoms with Crippen molar-refractivity contribution in [1.82, 2.24) is 10.6 Å². The van der Waals surface area contributed by atoms with E-state index in [1.165, 1.54) is 167 Å². The van der Waals surface area contributed by atoms with Crippen LogP contribution in [0.25, 0.3) is 0 Å². The minimum absolute atomic E-state index is 0.205. The van der Waals surface area contributed by atoms with Crippen LogP contribution in [0.3, 0.4) is 0 Å². The van der Waals surface area contributed by atoms with Crippen molar-refractivity contribution in [2.24, 2.45) is 0 Å². The van der Waals surface area contributed by atoms with Gasteiger partial charge in [-0.05, 0) is 19.3 Å². The normalized spacial score (nSPS) is 28.6. The number of aliphatic hydroxyl groups is 11. The van der Waals surface area contributed by atoms with Gasteiger partial charge in [-0.25, -0.2) is 4.79 Å². The number of carbonyl (C=O) groups is 3. The Morgan fingerprint density at radius 2 is 1.03 bits per heavy atom. The molecule has 3 heterocycles. The summed E-state index contributed by atoms with van der Waals surface area (Å²) in [6, 6.07) is -2.61. The first kappa shape index (κ1) is 81.7. The fourth-order valence-corrected chi connectivity index (χ4v) is 12.4. The van der Waals surface area contributed by atoms with E-state index in [9.17, 15) is 75.7 Å². The third-order valence-corrected chi connectivity index (χ3v) is 18.0. The Balaban J connectivity index is 1.59. The standard InChI is InChI=1S/C67H124N2O21/c1-4-6-8-10-12-14-16-18-20-21-22-23-24-25-27-29-31-33-35-37-39-41-54(77)69-48(49(74)40-38-36-34-32-30-28-26-19-17-15-13-11-9-7-5-2)46-85-64-59(81)58(80)61(53(45-72)87-64)88-65-60(82)63(57(79)52(44-71)86-65)90-67(66(83)84)42-50(75)55(68-47(3)73)62(89-67)56(78)51(76)43-70/h38,40,48-53,55-65,70-72,74-76,78-82H,4-37,39,41-46H2,1-3H3,(H,68,73)(H,69,77)(H,83,84)/b40-38+. The topological polar surface area (TPSA) is 373 Å². The van der Waals surface area contributed by atoms with Crippen molar-refractivity contribution < 1.29 is 104 Å². The average Bonchev–Trinajstić information content (AvgIpc) is 0.767. The molecule has 0 radical (unpaired) electrons. The summed E-state index contributed by atoms with van der Waals surface area (Å²) in [5.74, 6) is -6.13. The molecule has 3 aliphatic rings. The van der Waals surface area contributed by atoms with E-state index in [-0.39, 0.29) is 12.3 Å². The highest BCUT2D eigenvalue weighted by Crippen LogP contribution is 2.39. The predicted molar refractivity (Wildman–Crippen MR) is 338 cm³/mol. The molecular formula is C67H124N2O21. The number of amides is 2. The van der Waals surface area contributed by atoms with E-state index in [4.69, 9.17) is 28.4 Å². The maximum atomic E-state index is 13.5. The van der Waals surface area contributed by atoms with Gasteiger partial charge < -0.3 is 100 Å². The van der Waals surface area contributed by atoms with E-state index in [0.717, 1.165) is 51.9 Å². The van der Waals surface area contributed by atoms with Crippen molar-refractivity contribution in [3.63, 3.8) is 0 Å². The van der Waals surface area contributed by atoms with Gasteiger partial charge >= 0.3 is 5.97 Å². The monoisotopic (exact) mass is 1290 g/mol. The van der Waals surface area contributed by atoms with E-state index in [2.05, 4.69) is 24.5 Å². The van der Waals surface area contributed by atoms with Crippen LogP contribution in [0.1, 0.15) is 258 Å². The number of carboxylic acids is 1. The van der Waals surface area contributed by atoms with Crippen LogP contribution >= 0.6 is 0 Å². The van der Waals surface area contributed by atoms with E-state index in [1.807, 2.05) is 6.08 Å². The van der Waals surface area contributed by atoms with Crippen molar-refractivity contribution in [3.05, 3.63) is 12.2 Å². The lowest BCUT2D eigenvalue weighted by Crippen LogP contribution is -2.70. The number of unbranched alkanes of at least 4 members (excludes halogenated alkanes) is 33. The number of hydrogen-bond acceptors (Lipinski definition) is 20. The van der Waals surface area contributed by atoms with Crippen LogP contribution in [0.4, 0.5) is 0 Å². The van der Waals surface area contributed by atoms with Crippen LogP contribution in [0.5, 0.6) is 0 Å². The Labute approximate surface area is 537 Å². The van der Waals surface area contributed by atoms with Crippen LogP contribution in [-0.2, 0) is 42.8 Å². The highest BCUT2D eigenvalue weighted by molar-refractivity contribution is 5.77. The van der Waals surface area contributed by atoms with Crippen LogP contribution in [0.2, 0.25) is 0 Å². The van der Waals surface area contributed by atoms with E-state index >= 15 is 0 Å².